The van der Waals surface area contributed by atoms with E-state index in [-0.39, 0.29) is 24.4 Å². The van der Waals surface area contributed by atoms with E-state index in [1.807, 2.05) is 80.3 Å². The molecule has 0 bridgehead atoms. The molecule has 2 aliphatic rings. The molecule has 9 heteroatoms. The first-order valence-corrected chi connectivity index (χ1v) is 15.6. The molecule has 0 saturated heterocycles. The van der Waals surface area contributed by atoms with Crippen molar-refractivity contribution in [3.63, 3.8) is 0 Å². The van der Waals surface area contributed by atoms with Gasteiger partial charge in [-0.15, -0.1) is 0 Å². The summed E-state index contributed by atoms with van der Waals surface area (Å²) in [4.78, 5) is 42.8. The zero-order valence-electron chi connectivity index (χ0n) is 25.5. The van der Waals surface area contributed by atoms with E-state index in [9.17, 15) is 14.4 Å². The summed E-state index contributed by atoms with van der Waals surface area (Å²) >= 11 is 12.9. The van der Waals surface area contributed by atoms with Crippen molar-refractivity contribution in [2.45, 2.75) is 65.1 Å². The maximum atomic E-state index is 14.5. The number of nitrogens with zero attached hydrogens (tertiary/aromatic N) is 2. The molecule has 1 N–H and O–H groups in total. The Morgan fingerprint density at radius 2 is 1.61 bits per heavy atom. The molecular weight excluding hydrogens is 597 g/mol. The van der Waals surface area contributed by atoms with Crippen LogP contribution in [-0.4, -0.2) is 52.4 Å². The summed E-state index contributed by atoms with van der Waals surface area (Å²) in [5, 5.41) is 3.72. The van der Waals surface area contributed by atoms with Gasteiger partial charge >= 0.3 is 6.09 Å². The van der Waals surface area contributed by atoms with Crippen molar-refractivity contribution in [3.05, 3.63) is 93.5 Å². The number of halogens is 2. The Kier molecular flexibility index (Phi) is 9.37. The maximum Gasteiger partial charge on any atom is 0.410 e. The van der Waals surface area contributed by atoms with Gasteiger partial charge in [0.05, 0.1) is 16.6 Å². The highest BCUT2D eigenvalue weighted by Crippen LogP contribution is 2.37. The van der Waals surface area contributed by atoms with Crippen LogP contribution in [0, 0.1) is 0 Å². The standard InChI is InChI=1S/C35H37Cl2N3O4/c1-22(41)38-27-12-6-9-24(19-27)23-8-5-10-25(18-23)29-16-17-39(34(43)44-35(2,3)4)21-30(29)33(42)40(28-14-15-28)20-26-11-7-13-31(36)32(26)37/h5-13,18-19,28H,14-17,20-21H2,1-4H3,(H,38,41). The third kappa shape index (κ3) is 7.63. The van der Waals surface area contributed by atoms with Crippen molar-refractivity contribution in [2.75, 3.05) is 18.4 Å². The van der Waals surface area contributed by atoms with Crippen LogP contribution in [0.25, 0.3) is 16.7 Å². The molecule has 3 aromatic rings. The van der Waals surface area contributed by atoms with Crippen molar-refractivity contribution < 1.29 is 19.1 Å². The number of hydrogen-bond donors (Lipinski definition) is 1. The van der Waals surface area contributed by atoms with Gasteiger partial charge in [-0.05, 0) is 92.1 Å². The van der Waals surface area contributed by atoms with Crippen LogP contribution < -0.4 is 5.32 Å². The topological polar surface area (TPSA) is 79.0 Å². The van der Waals surface area contributed by atoms with E-state index in [1.54, 1.807) is 11.0 Å². The molecule has 0 unspecified atom stereocenters. The minimum atomic E-state index is -0.658. The molecule has 1 aliphatic carbocycles. The van der Waals surface area contributed by atoms with Crippen LogP contribution in [0.5, 0.6) is 0 Å². The van der Waals surface area contributed by atoms with Gasteiger partial charge in [0.25, 0.3) is 5.91 Å². The number of ether oxygens (including phenoxy) is 1. The SMILES string of the molecule is CC(=O)Nc1cccc(-c2cccc(C3=C(C(=O)N(Cc4cccc(Cl)c4Cl)C4CC4)CN(C(=O)OC(C)(C)C)CC3)c2)c1. The molecule has 1 aliphatic heterocycles. The summed E-state index contributed by atoms with van der Waals surface area (Å²) < 4.78 is 5.68. The normalized spacial score (nSPS) is 15.2. The molecule has 1 heterocycles. The first kappa shape index (κ1) is 31.6. The summed E-state index contributed by atoms with van der Waals surface area (Å²) in [6.45, 7) is 7.86. The molecule has 0 radical (unpaired) electrons. The molecule has 3 amide bonds. The Morgan fingerprint density at radius 1 is 0.955 bits per heavy atom. The van der Waals surface area contributed by atoms with E-state index in [0.29, 0.717) is 40.8 Å². The lowest BCUT2D eigenvalue weighted by atomic mass is 9.90. The number of rotatable bonds is 7. The van der Waals surface area contributed by atoms with E-state index in [4.69, 9.17) is 27.9 Å². The first-order valence-electron chi connectivity index (χ1n) is 14.8. The Hall–Kier alpha value is -3.81. The van der Waals surface area contributed by atoms with Gasteiger partial charge in [0.1, 0.15) is 5.60 Å². The lowest BCUT2D eigenvalue weighted by Crippen LogP contribution is -2.44. The van der Waals surface area contributed by atoms with Gasteiger partial charge in [-0.3, -0.25) is 9.59 Å². The van der Waals surface area contributed by atoms with Crippen molar-refractivity contribution >= 4 is 52.4 Å². The second-order valence-electron chi connectivity index (χ2n) is 12.3. The third-order valence-corrected chi connectivity index (χ3v) is 8.46. The fraction of sp³-hybridized carbons (Fsp3) is 0.343. The molecule has 44 heavy (non-hydrogen) atoms. The fourth-order valence-corrected chi connectivity index (χ4v) is 5.79. The number of carbonyl (C=O) groups is 3. The van der Waals surface area contributed by atoms with Gasteiger partial charge < -0.3 is 19.9 Å². The zero-order valence-corrected chi connectivity index (χ0v) is 27.0. The molecule has 1 fully saturated rings. The second kappa shape index (κ2) is 13.0. The quantitative estimate of drug-likeness (QED) is 0.284. The summed E-state index contributed by atoms with van der Waals surface area (Å²) in [5.74, 6) is -0.259. The smallest absolute Gasteiger partial charge is 0.410 e. The predicted octanol–water partition coefficient (Wildman–Crippen LogP) is 8.20. The predicted molar refractivity (Wildman–Crippen MR) is 176 cm³/mol. The minimum absolute atomic E-state index is 0.0889. The zero-order chi connectivity index (χ0) is 31.6. The number of amides is 3. The van der Waals surface area contributed by atoms with Gasteiger partial charge in [-0.2, -0.15) is 0 Å². The van der Waals surface area contributed by atoms with Crippen LogP contribution in [0.1, 0.15) is 58.1 Å². The average molecular weight is 635 g/mol. The number of hydrogen-bond acceptors (Lipinski definition) is 4. The Bertz CT molecular complexity index is 1620. The van der Waals surface area contributed by atoms with Crippen LogP contribution in [-0.2, 0) is 20.9 Å². The Morgan fingerprint density at radius 3 is 2.30 bits per heavy atom. The molecule has 0 atom stereocenters. The maximum absolute atomic E-state index is 14.5. The van der Waals surface area contributed by atoms with Gasteiger partial charge in [0, 0.05) is 37.3 Å². The number of benzene rings is 3. The molecule has 230 valence electrons. The number of carbonyl (C=O) groups excluding carboxylic acids is 3. The van der Waals surface area contributed by atoms with E-state index in [1.165, 1.54) is 6.92 Å². The van der Waals surface area contributed by atoms with Gasteiger partial charge in [0.15, 0.2) is 0 Å². The molecule has 0 aromatic heterocycles. The third-order valence-electron chi connectivity index (χ3n) is 7.60. The van der Waals surface area contributed by atoms with Crippen LogP contribution in [0.2, 0.25) is 10.0 Å². The summed E-state index contributed by atoms with van der Waals surface area (Å²) in [7, 11) is 0. The van der Waals surface area contributed by atoms with E-state index >= 15 is 0 Å². The van der Waals surface area contributed by atoms with Crippen molar-refractivity contribution in [1.29, 1.82) is 0 Å². The van der Waals surface area contributed by atoms with E-state index < -0.39 is 11.7 Å². The summed E-state index contributed by atoms with van der Waals surface area (Å²) in [6, 6.07) is 21.2. The molecule has 1 saturated carbocycles. The molecular formula is C35H37Cl2N3O4. The summed E-state index contributed by atoms with van der Waals surface area (Å²) in [6.07, 6.45) is 1.86. The van der Waals surface area contributed by atoms with Crippen LogP contribution in [0.4, 0.5) is 10.5 Å². The van der Waals surface area contributed by atoms with Crippen LogP contribution in [0.15, 0.2) is 72.3 Å². The van der Waals surface area contributed by atoms with Crippen LogP contribution >= 0.6 is 23.2 Å². The largest absolute Gasteiger partial charge is 0.444 e. The highest BCUT2D eigenvalue weighted by Gasteiger charge is 2.38. The number of anilines is 1. The highest BCUT2D eigenvalue weighted by molar-refractivity contribution is 6.42. The summed E-state index contributed by atoms with van der Waals surface area (Å²) in [5.41, 5.74) is 5.10. The van der Waals surface area contributed by atoms with Gasteiger partial charge in [-0.1, -0.05) is 65.7 Å². The Balaban J connectivity index is 1.54. The second-order valence-corrected chi connectivity index (χ2v) is 13.1. The fourth-order valence-electron chi connectivity index (χ4n) is 5.41. The highest BCUT2D eigenvalue weighted by atomic mass is 35.5. The Labute approximate surface area is 268 Å². The number of nitrogens with one attached hydrogen (secondary N) is 1. The van der Waals surface area contributed by atoms with Crippen molar-refractivity contribution in [3.8, 4) is 11.1 Å². The average Bonchev–Trinajstić information content (AvgIpc) is 3.82. The van der Waals surface area contributed by atoms with E-state index in [2.05, 4.69) is 11.4 Å². The monoisotopic (exact) mass is 633 g/mol. The van der Waals surface area contributed by atoms with Gasteiger partial charge in [0.2, 0.25) is 5.91 Å². The van der Waals surface area contributed by atoms with Crippen molar-refractivity contribution in [1.82, 2.24) is 9.80 Å². The molecule has 7 nitrogen and oxygen atoms in total. The van der Waals surface area contributed by atoms with E-state index in [0.717, 1.165) is 40.7 Å². The molecule has 0 spiro atoms. The minimum Gasteiger partial charge on any atom is -0.444 e. The van der Waals surface area contributed by atoms with Crippen molar-refractivity contribution in [2.24, 2.45) is 0 Å². The first-order chi connectivity index (χ1) is 20.9. The molecule has 3 aromatic carbocycles. The lowest BCUT2D eigenvalue weighted by Gasteiger charge is -2.34. The van der Waals surface area contributed by atoms with Crippen LogP contribution in [0.3, 0.4) is 0 Å². The van der Waals surface area contributed by atoms with Gasteiger partial charge in [-0.25, -0.2) is 4.79 Å². The lowest BCUT2D eigenvalue weighted by molar-refractivity contribution is -0.128. The molecule has 5 rings (SSSR count).